The van der Waals surface area contributed by atoms with E-state index in [9.17, 15) is 13.2 Å². The summed E-state index contributed by atoms with van der Waals surface area (Å²) in [6.07, 6.45) is 1.60. The van der Waals surface area contributed by atoms with E-state index in [1.165, 1.54) is 7.05 Å². The Balaban J connectivity index is 2.58. The van der Waals surface area contributed by atoms with Gasteiger partial charge < -0.3 is 0 Å². The quantitative estimate of drug-likeness (QED) is 0.826. The second-order valence-corrected chi connectivity index (χ2v) is 6.65. The number of hydrogen-bond donors (Lipinski definition) is 2. The van der Waals surface area contributed by atoms with E-state index in [-0.39, 0.29) is 4.90 Å². The SMILES string of the molecule is CNS(=O)(=O)c1c(-c2cc[nH]n2)c(C)c2c(c1C)=NC(=O)N=2. The molecule has 0 unspecified atom stereocenters. The third kappa shape index (κ3) is 1.97. The Kier molecular flexibility index (Phi) is 3.18. The second kappa shape index (κ2) is 4.82. The van der Waals surface area contributed by atoms with Crippen molar-refractivity contribution >= 4 is 16.1 Å². The number of sulfonamides is 1. The minimum atomic E-state index is -3.76. The van der Waals surface area contributed by atoms with Crippen LogP contribution in [0.1, 0.15) is 11.1 Å². The molecule has 22 heavy (non-hydrogen) atoms. The van der Waals surface area contributed by atoms with Gasteiger partial charge in [-0.05, 0) is 38.1 Å². The number of fused-ring (bicyclic) bond motifs is 1. The molecule has 0 radical (unpaired) electrons. The van der Waals surface area contributed by atoms with Gasteiger partial charge >= 0.3 is 6.03 Å². The highest BCUT2D eigenvalue weighted by Gasteiger charge is 2.27. The van der Waals surface area contributed by atoms with Crippen LogP contribution in [0.4, 0.5) is 4.79 Å². The van der Waals surface area contributed by atoms with Crippen LogP contribution in [0.25, 0.3) is 11.3 Å². The number of hydrogen-bond acceptors (Lipinski definition) is 4. The fourth-order valence-electron chi connectivity index (χ4n) is 2.57. The number of benzene rings is 1. The van der Waals surface area contributed by atoms with Gasteiger partial charge in [0.2, 0.25) is 10.0 Å². The number of H-pyrrole nitrogens is 1. The molecule has 9 heteroatoms. The number of urea groups is 1. The molecule has 1 aromatic heterocycles. The molecule has 0 atom stereocenters. The maximum absolute atomic E-state index is 12.5. The molecular weight excluding hydrogens is 306 g/mol. The molecule has 114 valence electrons. The molecule has 0 saturated heterocycles. The molecule has 2 aromatic rings. The van der Waals surface area contributed by atoms with Gasteiger partial charge in [0.05, 0.1) is 21.3 Å². The van der Waals surface area contributed by atoms with Crippen molar-refractivity contribution in [1.82, 2.24) is 14.9 Å². The lowest BCUT2D eigenvalue weighted by Crippen LogP contribution is -2.33. The Morgan fingerprint density at radius 2 is 1.77 bits per heavy atom. The summed E-state index contributed by atoms with van der Waals surface area (Å²) in [5, 5.41) is 7.43. The van der Waals surface area contributed by atoms with Crippen LogP contribution in [0.15, 0.2) is 27.1 Å². The average Bonchev–Trinajstić information content (AvgIpc) is 3.11. The summed E-state index contributed by atoms with van der Waals surface area (Å²) in [5.41, 5.74) is 1.81. The van der Waals surface area contributed by atoms with Crippen LogP contribution in [0, 0.1) is 13.8 Å². The molecule has 1 aliphatic rings. The fourth-order valence-corrected chi connectivity index (χ4v) is 3.81. The molecular formula is C13H13N5O3S. The lowest BCUT2D eigenvalue weighted by atomic mass is 10.0. The number of nitrogens with one attached hydrogen (secondary N) is 2. The van der Waals surface area contributed by atoms with Gasteiger partial charge in [-0.2, -0.15) is 15.1 Å². The Bertz CT molecular complexity index is 1010. The fraction of sp³-hybridized carbons (Fsp3) is 0.231. The van der Waals surface area contributed by atoms with Crippen molar-refractivity contribution in [3.05, 3.63) is 34.1 Å². The molecule has 0 saturated carbocycles. The minimum Gasteiger partial charge on any atom is -0.285 e. The molecule has 3 rings (SSSR count). The Morgan fingerprint density at radius 3 is 2.32 bits per heavy atom. The zero-order valence-electron chi connectivity index (χ0n) is 12.1. The number of amides is 2. The lowest BCUT2D eigenvalue weighted by molar-refractivity contribution is 0.256. The van der Waals surface area contributed by atoms with E-state index in [2.05, 4.69) is 24.9 Å². The van der Waals surface area contributed by atoms with Gasteiger partial charge in [0, 0.05) is 11.8 Å². The third-order valence-electron chi connectivity index (χ3n) is 3.59. The zero-order valence-corrected chi connectivity index (χ0v) is 12.9. The number of rotatable bonds is 3. The molecule has 2 amide bonds. The van der Waals surface area contributed by atoms with Crippen LogP contribution in [-0.4, -0.2) is 31.7 Å². The van der Waals surface area contributed by atoms with Crippen LogP contribution in [-0.2, 0) is 10.0 Å². The maximum Gasteiger partial charge on any atom is 0.368 e. The highest BCUT2D eigenvalue weighted by Crippen LogP contribution is 2.28. The van der Waals surface area contributed by atoms with Crippen molar-refractivity contribution in [2.24, 2.45) is 9.98 Å². The zero-order chi connectivity index (χ0) is 16.1. The van der Waals surface area contributed by atoms with E-state index in [0.717, 1.165) is 0 Å². The lowest BCUT2D eigenvalue weighted by Gasteiger charge is -2.13. The third-order valence-corrected chi connectivity index (χ3v) is 5.17. The Labute approximate surface area is 126 Å². The largest absolute Gasteiger partial charge is 0.368 e. The van der Waals surface area contributed by atoms with Crippen molar-refractivity contribution in [3.8, 4) is 11.3 Å². The van der Waals surface area contributed by atoms with E-state index in [4.69, 9.17) is 0 Å². The monoisotopic (exact) mass is 319 g/mol. The molecule has 1 aliphatic heterocycles. The van der Waals surface area contributed by atoms with E-state index >= 15 is 0 Å². The summed E-state index contributed by atoms with van der Waals surface area (Å²) in [6.45, 7) is 3.31. The number of nitrogens with zero attached hydrogens (tertiary/aromatic N) is 3. The Hall–Kier alpha value is -2.39. The normalized spacial score (nSPS) is 13.7. The smallest absolute Gasteiger partial charge is 0.285 e. The van der Waals surface area contributed by atoms with E-state index < -0.39 is 16.1 Å². The molecule has 1 aromatic carbocycles. The first-order valence-corrected chi connectivity index (χ1v) is 7.93. The molecule has 0 aliphatic carbocycles. The summed E-state index contributed by atoms with van der Waals surface area (Å²) in [6, 6.07) is 1.03. The molecule has 0 fully saturated rings. The first-order valence-electron chi connectivity index (χ1n) is 6.45. The molecule has 2 N–H and O–H groups in total. The van der Waals surface area contributed by atoms with Crippen molar-refractivity contribution in [2.75, 3.05) is 7.05 Å². The minimum absolute atomic E-state index is 0.0620. The summed E-state index contributed by atoms with van der Waals surface area (Å²) in [4.78, 5) is 19.3. The van der Waals surface area contributed by atoms with Gasteiger partial charge in [-0.25, -0.2) is 17.9 Å². The summed E-state index contributed by atoms with van der Waals surface area (Å²) >= 11 is 0. The van der Waals surface area contributed by atoms with Crippen LogP contribution in [0.3, 0.4) is 0 Å². The molecule has 8 nitrogen and oxygen atoms in total. The Morgan fingerprint density at radius 1 is 1.14 bits per heavy atom. The van der Waals surface area contributed by atoms with E-state index in [0.29, 0.717) is 33.1 Å². The predicted molar refractivity (Wildman–Crippen MR) is 77.5 cm³/mol. The highest BCUT2D eigenvalue weighted by atomic mass is 32.2. The predicted octanol–water partition coefficient (Wildman–Crippen LogP) is -0.0256. The van der Waals surface area contributed by atoms with Crippen molar-refractivity contribution in [2.45, 2.75) is 18.7 Å². The highest BCUT2D eigenvalue weighted by molar-refractivity contribution is 7.89. The van der Waals surface area contributed by atoms with Crippen LogP contribution >= 0.6 is 0 Å². The van der Waals surface area contributed by atoms with Gasteiger partial charge in [-0.1, -0.05) is 0 Å². The van der Waals surface area contributed by atoms with Gasteiger partial charge in [-0.3, -0.25) is 5.10 Å². The molecule has 0 bridgehead atoms. The first kappa shape index (κ1) is 14.5. The molecule has 2 heterocycles. The van der Waals surface area contributed by atoms with E-state index in [1.54, 1.807) is 26.1 Å². The van der Waals surface area contributed by atoms with Gasteiger partial charge in [0.1, 0.15) is 0 Å². The van der Waals surface area contributed by atoms with Crippen LogP contribution < -0.4 is 15.4 Å². The second-order valence-electron chi connectivity index (χ2n) is 4.82. The van der Waals surface area contributed by atoms with Crippen LogP contribution in [0.2, 0.25) is 0 Å². The van der Waals surface area contributed by atoms with Crippen molar-refractivity contribution in [3.63, 3.8) is 0 Å². The average molecular weight is 319 g/mol. The maximum atomic E-state index is 12.5. The van der Waals surface area contributed by atoms with Gasteiger partial charge in [-0.15, -0.1) is 0 Å². The van der Waals surface area contributed by atoms with Crippen molar-refractivity contribution < 1.29 is 13.2 Å². The first-order chi connectivity index (χ1) is 10.4. The van der Waals surface area contributed by atoms with Crippen molar-refractivity contribution in [1.29, 1.82) is 0 Å². The number of aromatic amines is 1. The standard InChI is InChI=1S/C13H13N5O3S/c1-6-9(8-4-5-15-18-8)12(22(20,21)14-3)7(2)11-10(6)16-13(19)17-11/h4-5,14H,1-3H3,(H,15,18). The number of carbonyl (C=O) groups excluding carboxylic acids is 1. The van der Waals surface area contributed by atoms with Crippen LogP contribution in [0.5, 0.6) is 0 Å². The van der Waals surface area contributed by atoms with E-state index in [1.807, 2.05) is 0 Å². The van der Waals surface area contributed by atoms with Gasteiger partial charge in [0.25, 0.3) is 0 Å². The summed E-state index contributed by atoms with van der Waals surface area (Å²) in [7, 11) is -2.43. The summed E-state index contributed by atoms with van der Waals surface area (Å²) < 4.78 is 27.2. The topological polar surface area (TPSA) is 117 Å². The number of carbonyl (C=O) groups is 1. The summed E-state index contributed by atoms with van der Waals surface area (Å²) in [5.74, 6) is 0. The number of aromatic nitrogens is 2. The molecule has 0 spiro atoms. The van der Waals surface area contributed by atoms with Gasteiger partial charge in [0.15, 0.2) is 0 Å².